The number of aryl methyl sites for hydroxylation is 1. The molecule has 3 aromatic rings. The van der Waals surface area contributed by atoms with E-state index >= 15 is 0 Å². The lowest BCUT2D eigenvalue weighted by atomic mass is 10.3. The maximum Gasteiger partial charge on any atom is 0.253 e. The summed E-state index contributed by atoms with van der Waals surface area (Å²) in [5.41, 5.74) is 0.650. The fourth-order valence-corrected chi connectivity index (χ4v) is 4.88. The van der Waals surface area contributed by atoms with Crippen molar-refractivity contribution in [1.82, 2.24) is 19.0 Å². The lowest BCUT2D eigenvalue weighted by molar-refractivity contribution is 0.248. The van der Waals surface area contributed by atoms with Gasteiger partial charge in [0, 0.05) is 43.0 Å². The summed E-state index contributed by atoms with van der Waals surface area (Å²) in [6.07, 6.45) is 4.85. The standard InChI is InChI=1S/C14H16N4O4S2/c1-17-5-4-15-13(17)9-18(6-7-19)24(20,21)14-8-11(10-23-14)12-2-3-16-22-12/h2-5,8,10,19H,6-7,9H2,1H3. The third-order valence-corrected chi connectivity index (χ3v) is 6.74. The van der Waals surface area contributed by atoms with Crippen LogP contribution in [0.1, 0.15) is 5.82 Å². The molecular formula is C14H16N4O4S2. The van der Waals surface area contributed by atoms with Gasteiger partial charge in [0.15, 0.2) is 5.76 Å². The molecule has 3 aromatic heterocycles. The Bertz CT molecular complexity index is 899. The summed E-state index contributed by atoms with van der Waals surface area (Å²) in [4.78, 5) is 4.15. The Morgan fingerprint density at radius 1 is 1.42 bits per heavy atom. The second-order valence-corrected chi connectivity index (χ2v) is 8.12. The van der Waals surface area contributed by atoms with Crippen LogP contribution in [0.15, 0.2) is 44.8 Å². The van der Waals surface area contributed by atoms with Gasteiger partial charge in [-0.1, -0.05) is 5.16 Å². The van der Waals surface area contributed by atoms with Gasteiger partial charge in [-0.2, -0.15) is 4.31 Å². The third kappa shape index (κ3) is 3.26. The average Bonchev–Trinajstić information content (AvgIpc) is 3.28. The first kappa shape index (κ1) is 16.8. The number of thiophene rings is 1. The molecule has 0 aliphatic carbocycles. The minimum absolute atomic E-state index is 0.00919. The zero-order valence-corrected chi connectivity index (χ0v) is 14.5. The van der Waals surface area contributed by atoms with Crippen LogP contribution in [-0.4, -0.2) is 45.7 Å². The first-order valence-electron chi connectivity index (χ1n) is 7.09. The lowest BCUT2D eigenvalue weighted by Gasteiger charge is -2.20. The number of sulfonamides is 1. The van der Waals surface area contributed by atoms with Gasteiger partial charge in [0.2, 0.25) is 0 Å². The molecule has 10 heteroatoms. The summed E-state index contributed by atoms with van der Waals surface area (Å²) < 4.78 is 34.0. The molecule has 0 fully saturated rings. The number of aliphatic hydroxyl groups excluding tert-OH is 1. The maximum atomic E-state index is 12.9. The van der Waals surface area contributed by atoms with Crippen LogP contribution in [0.4, 0.5) is 0 Å². The lowest BCUT2D eigenvalue weighted by Crippen LogP contribution is -2.33. The summed E-state index contributed by atoms with van der Waals surface area (Å²) in [5, 5.41) is 14.6. The van der Waals surface area contributed by atoms with Gasteiger partial charge in [0.25, 0.3) is 10.0 Å². The smallest absolute Gasteiger partial charge is 0.253 e. The van der Waals surface area contributed by atoms with Crippen LogP contribution in [-0.2, 0) is 23.6 Å². The predicted molar refractivity (Wildman–Crippen MR) is 87.7 cm³/mol. The molecule has 0 unspecified atom stereocenters. The molecule has 0 saturated heterocycles. The Morgan fingerprint density at radius 3 is 2.88 bits per heavy atom. The van der Waals surface area contributed by atoms with Crippen molar-refractivity contribution in [2.24, 2.45) is 7.05 Å². The van der Waals surface area contributed by atoms with E-state index in [1.807, 2.05) is 0 Å². The van der Waals surface area contributed by atoms with Gasteiger partial charge < -0.3 is 14.2 Å². The van der Waals surface area contributed by atoms with Crippen molar-refractivity contribution in [1.29, 1.82) is 0 Å². The van der Waals surface area contributed by atoms with Gasteiger partial charge in [-0.3, -0.25) is 0 Å². The molecule has 0 bridgehead atoms. The number of aromatic nitrogens is 3. The highest BCUT2D eigenvalue weighted by molar-refractivity contribution is 7.91. The van der Waals surface area contributed by atoms with E-state index in [1.54, 1.807) is 41.5 Å². The van der Waals surface area contributed by atoms with E-state index in [4.69, 9.17) is 4.52 Å². The molecule has 24 heavy (non-hydrogen) atoms. The van der Waals surface area contributed by atoms with E-state index < -0.39 is 10.0 Å². The van der Waals surface area contributed by atoms with E-state index in [2.05, 4.69) is 10.1 Å². The molecule has 0 atom stereocenters. The Morgan fingerprint density at radius 2 is 2.25 bits per heavy atom. The Kier molecular flexibility index (Phi) is 4.81. The van der Waals surface area contributed by atoms with Crippen LogP contribution in [0.3, 0.4) is 0 Å². The fourth-order valence-electron chi connectivity index (χ4n) is 2.18. The molecule has 3 rings (SSSR count). The number of hydrogen-bond acceptors (Lipinski definition) is 7. The highest BCUT2D eigenvalue weighted by Gasteiger charge is 2.27. The molecule has 8 nitrogen and oxygen atoms in total. The largest absolute Gasteiger partial charge is 0.395 e. The zero-order chi connectivity index (χ0) is 17.2. The maximum absolute atomic E-state index is 12.9. The third-order valence-electron chi connectivity index (χ3n) is 3.48. The van der Waals surface area contributed by atoms with Crippen LogP contribution in [0, 0.1) is 0 Å². The number of aliphatic hydroxyl groups is 1. The van der Waals surface area contributed by atoms with E-state index in [0.29, 0.717) is 17.1 Å². The fraction of sp³-hybridized carbons (Fsp3) is 0.286. The van der Waals surface area contributed by atoms with Crippen molar-refractivity contribution in [3.63, 3.8) is 0 Å². The molecule has 0 aliphatic heterocycles. The van der Waals surface area contributed by atoms with E-state index in [9.17, 15) is 13.5 Å². The highest BCUT2D eigenvalue weighted by atomic mass is 32.2. The van der Waals surface area contributed by atoms with Crippen molar-refractivity contribution in [3.8, 4) is 11.3 Å². The Hall–Kier alpha value is -2.01. The molecule has 3 heterocycles. The topological polar surface area (TPSA) is 101 Å². The van der Waals surface area contributed by atoms with Crippen LogP contribution < -0.4 is 0 Å². The molecule has 0 amide bonds. The Labute approximate surface area is 143 Å². The summed E-state index contributed by atoms with van der Waals surface area (Å²) in [7, 11) is -1.96. The van der Waals surface area contributed by atoms with Crippen LogP contribution in [0.25, 0.3) is 11.3 Å². The van der Waals surface area contributed by atoms with Gasteiger partial charge in [-0.05, 0) is 6.07 Å². The molecule has 0 aromatic carbocycles. The summed E-state index contributed by atoms with van der Waals surface area (Å²) >= 11 is 1.10. The van der Waals surface area contributed by atoms with Crippen LogP contribution in [0.5, 0.6) is 0 Å². The summed E-state index contributed by atoms with van der Waals surface area (Å²) in [6, 6.07) is 3.21. The van der Waals surface area contributed by atoms with Gasteiger partial charge in [0.05, 0.1) is 19.3 Å². The van der Waals surface area contributed by atoms with Crippen molar-refractivity contribution in [2.45, 2.75) is 10.8 Å². The summed E-state index contributed by atoms with van der Waals surface area (Å²) in [5.74, 6) is 1.10. The summed E-state index contributed by atoms with van der Waals surface area (Å²) in [6.45, 7) is -0.198. The number of hydrogen-bond donors (Lipinski definition) is 1. The van der Waals surface area contributed by atoms with Gasteiger partial charge in [-0.25, -0.2) is 13.4 Å². The van der Waals surface area contributed by atoms with E-state index in [1.165, 1.54) is 10.5 Å². The normalized spacial score (nSPS) is 12.1. The van der Waals surface area contributed by atoms with E-state index in [-0.39, 0.29) is 23.9 Å². The van der Waals surface area contributed by atoms with Gasteiger partial charge in [-0.15, -0.1) is 11.3 Å². The zero-order valence-electron chi connectivity index (χ0n) is 12.9. The van der Waals surface area contributed by atoms with Crippen molar-refractivity contribution in [3.05, 3.63) is 41.9 Å². The van der Waals surface area contributed by atoms with Crippen LogP contribution >= 0.6 is 11.3 Å². The second-order valence-electron chi connectivity index (χ2n) is 5.05. The molecule has 128 valence electrons. The average molecular weight is 368 g/mol. The van der Waals surface area contributed by atoms with Crippen molar-refractivity contribution in [2.75, 3.05) is 13.2 Å². The van der Waals surface area contributed by atoms with E-state index in [0.717, 1.165) is 11.3 Å². The number of nitrogens with zero attached hydrogens (tertiary/aromatic N) is 4. The molecule has 0 saturated carbocycles. The van der Waals surface area contributed by atoms with Crippen molar-refractivity contribution >= 4 is 21.4 Å². The first-order valence-corrected chi connectivity index (χ1v) is 9.41. The first-order chi connectivity index (χ1) is 11.5. The molecule has 0 radical (unpaired) electrons. The number of rotatable bonds is 7. The molecule has 0 spiro atoms. The van der Waals surface area contributed by atoms with Gasteiger partial charge >= 0.3 is 0 Å². The van der Waals surface area contributed by atoms with Gasteiger partial charge in [0.1, 0.15) is 10.0 Å². The van der Waals surface area contributed by atoms with Crippen molar-refractivity contribution < 1.29 is 18.0 Å². The highest BCUT2D eigenvalue weighted by Crippen LogP contribution is 2.30. The Balaban J connectivity index is 1.90. The quantitative estimate of drug-likeness (QED) is 0.675. The molecule has 1 N–H and O–H groups in total. The predicted octanol–water partition coefficient (Wildman–Crippen LogP) is 1.32. The molecule has 0 aliphatic rings. The minimum Gasteiger partial charge on any atom is -0.395 e. The number of imidazole rings is 1. The monoisotopic (exact) mass is 368 g/mol. The SMILES string of the molecule is Cn1ccnc1CN(CCO)S(=O)(=O)c1cc(-c2ccno2)cs1. The minimum atomic E-state index is -3.75. The van der Waals surface area contributed by atoms with Crippen LogP contribution in [0.2, 0.25) is 0 Å². The molecular weight excluding hydrogens is 352 g/mol. The second kappa shape index (κ2) is 6.85.